The molecule has 2 rings (SSSR count). The second kappa shape index (κ2) is 4.86. The standard InChI is InChI=1S/C12H14NO3P/c1-3-15-17(2,14)16-11-6-7-12-10(9-11)5-4-8-13-12/h4-9H,3H2,1-2H3. The number of fused-ring (bicyclic) bond motifs is 1. The van der Waals surface area contributed by atoms with E-state index >= 15 is 0 Å². The number of hydrogen-bond donors (Lipinski definition) is 0. The molecule has 2 aromatic rings. The molecule has 0 bridgehead atoms. The molecular formula is C12H14NO3P. The van der Waals surface area contributed by atoms with Crippen LogP contribution in [0.2, 0.25) is 0 Å². The van der Waals surface area contributed by atoms with Crippen LogP contribution in [0.4, 0.5) is 0 Å². The summed E-state index contributed by atoms with van der Waals surface area (Å²) in [5.74, 6) is 0.532. The zero-order chi connectivity index (χ0) is 12.3. The Morgan fingerprint density at radius 3 is 2.94 bits per heavy atom. The fourth-order valence-electron chi connectivity index (χ4n) is 1.56. The van der Waals surface area contributed by atoms with Crippen LogP contribution < -0.4 is 4.52 Å². The Balaban J connectivity index is 2.28. The summed E-state index contributed by atoms with van der Waals surface area (Å²) in [5.41, 5.74) is 0.877. The molecule has 5 heteroatoms. The van der Waals surface area contributed by atoms with E-state index in [9.17, 15) is 4.57 Å². The Bertz CT molecular complexity index is 570. The summed E-state index contributed by atoms with van der Waals surface area (Å²) in [6.45, 7) is 3.61. The normalized spacial score (nSPS) is 14.5. The molecule has 0 saturated heterocycles. The van der Waals surface area contributed by atoms with Crippen molar-refractivity contribution in [2.24, 2.45) is 0 Å². The molecule has 17 heavy (non-hydrogen) atoms. The largest absolute Gasteiger partial charge is 0.425 e. The van der Waals surface area contributed by atoms with Gasteiger partial charge in [-0.15, -0.1) is 0 Å². The van der Waals surface area contributed by atoms with E-state index in [2.05, 4.69) is 4.98 Å². The SMILES string of the molecule is CCOP(C)(=O)Oc1ccc2ncccc2c1. The van der Waals surface area contributed by atoms with Crippen molar-refractivity contribution < 1.29 is 13.6 Å². The predicted molar refractivity (Wildman–Crippen MR) is 67.5 cm³/mol. The quantitative estimate of drug-likeness (QED) is 0.780. The molecule has 4 nitrogen and oxygen atoms in total. The van der Waals surface area contributed by atoms with Gasteiger partial charge < -0.3 is 9.05 Å². The van der Waals surface area contributed by atoms with Crippen molar-refractivity contribution in [1.29, 1.82) is 0 Å². The lowest BCUT2D eigenvalue weighted by Gasteiger charge is -2.14. The van der Waals surface area contributed by atoms with Crippen LogP contribution in [-0.2, 0) is 9.09 Å². The number of pyridine rings is 1. The van der Waals surface area contributed by atoms with Crippen molar-refractivity contribution in [2.45, 2.75) is 6.92 Å². The number of rotatable bonds is 4. The van der Waals surface area contributed by atoms with Crippen LogP contribution in [0.25, 0.3) is 10.9 Å². The predicted octanol–water partition coefficient (Wildman–Crippen LogP) is 3.47. The van der Waals surface area contributed by atoms with Crippen molar-refractivity contribution in [3.63, 3.8) is 0 Å². The Morgan fingerprint density at radius 2 is 2.18 bits per heavy atom. The average molecular weight is 251 g/mol. The molecule has 1 atom stereocenters. The van der Waals surface area contributed by atoms with Crippen LogP contribution >= 0.6 is 7.60 Å². The van der Waals surface area contributed by atoms with Gasteiger partial charge in [0.2, 0.25) is 0 Å². The smallest absolute Gasteiger partial charge is 0.376 e. The summed E-state index contributed by atoms with van der Waals surface area (Å²) >= 11 is 0. The maximum Gasteiger partial charge on any atom is 0.376 e. The third-order valence-electron chi connectivity index (χ3n) is 2.21. The second-order valence-corrected chi connectivity index (χ2v) is 5.62. The fraction of sp³-hybridized carbons (Fsp3) is 0.250. The Kier molecular flexibility index (Phi) is 3.46. The van der Waals surface area contributed by atoms with E-state index in [4.69, 9.17) is 9.05 Å². The molecule has 0 fully saturated rings. The number of benzene rings is 1. The summed E-state index contributed by atoms with van der Waals surface area (Å²) < 4.78 is 22.3. The maximum atomic E-state index is 11.9. The van der Waals surface area contributed by atoms with Gasteiger partial charge in [-0.2, -0.15) is 0 Å². The summed E-state index contributed by atoms with van der Waals surface area (Å²) in [4.78, 5) is 4.20. The Labute approximate surface area is 100 Å². The molecular weight excluding hydrogens is 237 g/mol. The molecule has 0 radical (unpaired) electrons. The second-order valence-electron chi connectivity index (χ2n) is 3.64. The summed E-state index contributed by atoms with van der Waals surface area (Å²) in [6.07, 6.45) is 1.73. The summed E-state index contributed by atoms with van der Waals surface area (Å²) in [7, 11) is -3.01. The minimum atomic E-state index is -3.01. The molecule has 0 amide bonds. The first-order valence-corrected chi connectivity index (χ1v) is 7.36. The average Bonchev–Trinajstić information content (AvgIpc) is 2.28. The van der Waals surface area contributed by atoms with Crippen molar-refractivity contribution in [1.82, 2.24) is 4.98 Å². The van der Waals surface area contributed by atoms with Crippen LogP contribution in [0.1, 0.15) is 6.92 Å². The third-order valence-corrected chi connectivity index (χ3v) is 3.48. The molecule has 0 N–H and O–H groups in total. The molecule has 90 valence electrons. The highest BCUT2D eigenvalue weighted by molar-refractivity contribution is 7.53. The van der Waals surface area contributed by atoms with Gasteiger partial charge in [0.1, 0.15) is 5.75 Å². The summed E-state index contributed by atoms with van der Waals surface area (Å²) in [6, 6.07) is 9.15. The molecule has 1 heterocycles. The van der Waals surface area contributed by atoms with Gasteiger partial charge in [0, 0.05) is 18.2 Å². The third kappa shape index (κ3) is 3.05. The number of nitrogens with zero attached hydrogens (tertiary/aromatic N) is 1. The molecule has 1 aromatic heterocycles. The first-order valence-electron chi connectivity index (χ1n) is 5.37. The van der Waals surface area contributed by atoms with Gasteiger partial charge in [0.25, 0.3) is 0 Å². The maximum absolute atomic E-state index is 11.9. The van der Waals surface area contributed by atoms with Crippen molar-refractivity contribution in [2.75, 3.05) is 13.3 Å². The molecule has 0 spiro atoms. The van der Waals surface area contributed by atoms with E-state index in [-0.39, 0.29) is 0 Å². The first-order chi connectivity index (χ1) is 8.11. The lowest BCUT2D eigenvalue weighted by Crippen LogP contribution is -1.96. The minimum Gasteiger partial charge on any atom is -0.425 e. The number of hydrogen-bond acceptors (Lipinski definition) is 4. The molecule has 0 aliphatic heterocycles. The van der Waals surface area contributed by atoms with E-state index in [0.29, 0.717) is 12.4 Å². The van der Waals surface area contributed by atoms with Crippen LogP contribution in [0, 0.1) is 0 Å². The Hall–Kier alpha value is -1.38. The fourth-order valence-corrected chi connectivity index (χ4v) is 2.58. The van der Waals surface area contributed by atoms with Gasteiger partial charge in [0.05, 0.1) is 12.1 Å². The van der Waals surface area contributed by atoms with Gasteiger partial charge in [0.15, 0.2) is 0 Å². The molecule has 1 unspecified atom stereocenters. The first kappa shape index (κ1) is 12.1. The van der Waals surface area contributed by atoms with E-state index in [0.717, 1.165) is 10.9 Å². The van der Waals surface area contributed by atoms with Gasteiger partial charge in [-0.1, -0.05) is 6.07 Å². The highest BCUT2D eigenvalue weighted by Crippen LogP contribution is 2.44. The molecule has 1 aromatic carbocycles. The zero-order valence-corrected chi connectivity index (χ0v) is 10.7. The summed E-state index contributed by atoms with van der Waals surface area (Å²) in [5, 5.41) is 0.946. The van der Waals surface area contributed by atoms with Crippen LogP contribution in [-0.4, -0.2) is 18.3 Å². The van der Waals surface area contributed by atoms with Gasteiger partial charge in [-0.25, -0.2) is 4.57 Å². The molecule has 0 aliphatic carbocycles. The molecule has 0 aliphatic rings. The van der Waals surface area contributed by atoms with Crippen molar-refractivity contribution >= 4 is 18.5 Å². The van der Waals surface area contributed by atoms with E-state index in [1.165, 1.54) is 6.66 Å². The van der Waals surface area contributed by atoms with Gasteiger partial charge in [-0.3, -0.25) is 4.98 Å². The van der Waals surface area contributed by atoms with Crippen molar-refractivity contribution in [3.8, 4) is 5.75 Å². The van der Waals surface area contributed by atoms with Crippen LogP contribution in [0.15, 0.2) is 36.5 Å². The molecule has 0 saturated carbocycles. The van der Waals surface area contributed by atoms with Crippen LogP contribution in [0.3, 0.4) is 0 Å². The zero-order valence-electron chi connectivity index (χ0n) is 9.79. The monoisotopic (exact) mass is 251 g/mol. The van der Waals surface area contributed by atoms with Gasteiger partial charge in [-0.05, 0) is 31.2 Å². The number of aromatic nitrogens is 1. The van der Waals surface area contributed by atoms with Gasteiger partial charge >= 0.3 is 7.60 Å². The minimum absolute atomic E-state index is 0.364. The Morgan fingerprint density at radius 1 is 1.35 bits per heavy atom. The highest BCUT2D eigenvalue weighted by atomic mass is 31.2. The topological polar surface area (TPSA) is 48.4 Å². The van der Waals surface area contributed by atoms with Crippen molar-refractivity contribution in [3.05, 3.63) is 36.5 Å². The van der Waals surface area contributed by atoms with E-state index in [1.807, 2.05) is 18.2 Å². The van der Waals surface area contributed by atoms with Crippen LogP contribution in [0.5, 0.6) is 5.75 Å². The lowest BCUT2D eigenvalue weighted by atomic mass is 10.2. The van der Waals surface area contributed by atoms with E-state index in [1.54, 1.807) is 25.3 Å². The van der Waals surface area contributed by atoms with E-state index < -0.39 is 7.60 Å². The lowest BCUT2D eigenvalue weighted by molar-refractivity contribution is 0.285. The highest BCUT2D eigenvalue weighted by Gasteiger charge is 2.17.